The fourth-order valence-electron chi connectivity index (χ4n) is 16.8. The highest BCUT2D eigenvalue weighted by molar-refractivity contribution is 6.17. The maximum absolute atomic E-state index is 7.06. The van der Waals surface area contributed by atoms with Crippen molar-refractivity contribution in [2.24, 2.45) is 0 Å². The molecule has 112 heavy (non-hydrogen) atoms. The van der Waals surface area contributed by atoms with Crippen LogP contribution in [-0.4, -0.2) is 9.13 Å². The predicted octanol–water partition coefficient (Wildman–Crippen LogP) is 30.9. The van der Waals surface area contributed by atoms with Crippen LogP contribution < -0.4 is 9.80 Å². The van der Waals surface area contributed by atoms with Gasteiger partial charge in [-0.15, -0.1) is 0 Å². The molecule has 0 aliphatic heterocycles. The zero-order chi connectivity index (χ0) is 78.0. The lowest BCUT2D eigenvalue weighted by atomic mass is 9.80. The molecule has 0 N–H and O–H groups in total. The Labute approximate surface area is 659 Å². The van der Waals surface area contributed by atoms with Gasteiger partial charge in [0.1, 0.15) is 22.3 Å². The number of rotatable bonds is 10. The molecule has 18 rings (SSSR count). The first-order valence-corrected chi connectivity index (χ1v) is 39.9. The average molecular weight is 1460 g/mol. The molecule has 0 aliphatic rings. The normalized spacial score (nSPS) is 12.9. The Morgan fingerprint density at radius 1 is 0.205 bits per heavy atom. The van der Waals surface area contributed by atoms with Crippen LogP contribution in [0.4, 0.5) is 34.1 Å². The second-order valence-electron chi connectivity index (χ2n) is 37.7. The molecule has 4 heterocycles. The van der Waals surface area contributed by atoms with Gasteiger partial charge in [-0.25, -0.2) is 0 Å². The van der Waals surface area contributed by atoms with Crippen molar-refractivity contribution in [3.8, 4) is 33.6 Å². The molecule has 0 bridgehead atoms. The highest BCUT2D eigenvalue weighted by Crippen LogP contribution is 2.48. The molecule has 14 aromatic carbocycles. The molecule has 0 saturated carbocycles. The maximum Gasteiger partial charge on any atom is 0.137 e. The lowest BCUT2D eigenvalue weighted by molar-refractivity contribution is 0.567. The van der Waals surface area contributed by atoms with Crippen LogP contribution in [-0.2, 0) is 32.5 Å². The number of anilines is 6. The molecular formula is C106H100N4O2. The van der Waals surface area contributed by atoms with Crippen molar-refractivity contribution in [3.05, 3.63) is 312 Å². The molecule has 556 valence electrons. The lowest BCUT2D eigenvalue weighted by Crippen LogP contribution is -2.17. The van der Waals surface area contributed by atoms with Crippen LogP contribution >= 0.6 is 0 Å². The van der Waals surface area contributed by atoms with Crippen molar-refractivity contribution in [2.75, 3.05) is 9.80 Å². The molecule has 18 aromatic rings. The van der Waals surface area contributed by atoms with Gasteiger partial charge in [-0.2, -0.15) is 0 Å². The maximum atomic E-state index is 7.06. The molecule has 0 unspecified atom stereocenters. The molecule has 0 fully saturated rings. The zero-order valence-corrected chi connectivity index (χ0v) is 68.2. The van der Waals surface area contributed by atoms with Crippen LogP contribution in [0.2, 0.25) is 0 Å². The fraction of sp³-hybridized carbons (Fsp3) is 0.226. The van der Waals surface area contributed by atoms with Crippen molar-refractivity contribution in [3.63, 3.8) is 0 Å². The quantitative estimate of drug-likeness (QED) is 0.137. The summed E-state index contributed by atoms with van der Waals surface area (Å²) in [7, 11) is 0. The Hall–Kier alpha value is -11.9. The van der Waals surface area contributed by atoms with Crippen LogP contribution in [0.1, 0.15) is 158 Å². The van der Waals surface area contributed by atoms with Crippen molar-refractivity contribution in [1.29, 1.82) is 0 Å². The highest BCUT2D eigenvalue weighted by atomic mass is 16.3. The Balaban J connectivity index is 0.739. The van der Waals surface area contributed by atoms with Crippen molar-refractivity contribution < 1.29 is 8.83 Å². The van der Waals surface area contributed by atoms with Crippen molar-refractivity contribution in [2.45, 2.75) is 157 Å². The van der Waals surface area contributed by atoms with E-state index in [0.717, 1.165) is 111 Å². The van der Waals surface area contributed by atoms with Crippen molar-refractivity contribution >= 4 is 132 Å². The van der Waals surface area contributed by atoms with Gasteiger partial charge in [-0.1, -0.05) is 258 Å². The lowest BCUT2D eigenvalue weighted by Gasteiger charge is -2.27. The second kappa shape index (κ2) is 25.9. The Morgan fingerprint density at radius 3 is 0.839 bits per heavy atom. The second-order valence-corrected chi connectivity index (χ2v) is 37.7. The van der Waals surface area contributed by atoms with Crippen molar-refractivity contribution in [1.82, 2.24) is 9.13 Å². The summed E-state index contributed by atoms with van der Waals surface area (Å²) < 4.78 is 19.2. The van der Waals surface area contributed by atoms with Gasteiger partial charge in [0.25, 0.3) is 0 Å². The van der Waals surface area contributed by atoms with Gasteiger partial charge in [-0.05, 0) is 232 Å². The molecule has 0 atom stereocenters. The van der Waals surface area contributed by atoms with Crippen LogP contribution in [0.5, 0.6) is 0 Å². The van der Waals surface area contributed by atoms with E-state index in [1.165, 1.54) is 88.2 Å². The monoisotopic (exact) mass is 1460 g/mol. The third-order valence-electron chi connectivity index (χ3n) is 23.5. The summed E-state index contributed by atoms with van der Waals surface area (Å²) in [4.78, 5) is 4.75. The number of aromatic nitrogens is 2. The number of furan rings is 2. The van der Waals surface area contributed by atoms with Gasteiger partial charge >= 0.3 is 0 Å². The van der Waals surface area contributed by atoms with Gasteiger partial charge in [-0.3, -0.25) is 0 Å². The third kappa shape index (κ3) is 12.7. The van der Waals surface area contributed by atoms with Gasteiger partial charge in [0.15, 0.2) is 0 Å². The van der Waals surface area contributed by atoms with E-state index in [4.69, 9.17) is 8.83 Å². The number of hydrogen-bond donors (Lipinski definition) is 0. The predicted molar refractivity (Wildman–Crippen MR) is 480 cm³/mol. The van der Waals surface area contributed by atoms with Gasteiger partial charge < -0.3 is 27.8 Å². The molecule has 0 amide bonds. The summed E-state index contributed by atoms with van der Waals surface area (Å²) >= 11 is 0. The standard InChI is InChI=1S/C106H100N4O2/c1-101(2,3)71-29-25-27-65(47-71)67-35-41-85-87-43-37-79(61-95(87)109(93(85)51-67)83-57-73(103(7,8)9)55-74(58-83)104(10,11)12)107(77-31-21-19-22-32-77)81-39-45-89-91-49-69-54-98-92(50-70(69)53-97(91)111-99(89)63-81)90-46-40-82(64-100(90)112-98)108(78-33-23-20-24-34-78)80-38-44-88-86-42-36-68(66-28-26-30-72(48-66)102(4,5)6)52-94(86)110(96(88)62-80)84-59-75(105(13,14)15)56-76(60-84)106(16,17)18/h19-64H,1-18H3. The summed E-state index contributed by atoms with van der Waals surface area (Å²) in [5.74, 6) is 0. The highest BCUT2D eigenvalue weighted by Gasteiger charge is 2.29. The largest absolute Gasteiger partial charge is 0.456 e. The minimum absolute atomic E-state index is 0.0161. The summed E-state index contributed by atoms with van der Waals surface area (Å²) in [6.45, 7) is 41.7. The molecule has 0 saturated heterocycles. The first-order chi connectivity index (χ1) is 53.2. The average Bonchev–Trinajstić information content (AvgIpc) is 1.49. The number of benzene rings is 14. The van der Waals surface area contributed by atoms with E-state index in [2.05, 4.69) is 423 Å². The number of fused-ring (bicyclic) bond motifs is 13. The molecular weight excluding hydrogens is 1360 g/mol. The van der Waals surface area contributed by atoms with Crippen LogP contribution in [0.25, 0.3) is 132 Å². The van der Waals surface area contributed by atoms with Crippen LogP contribution in [0, 0.1) is 0 Å². The van der Waals surface area contributed by atoms with E-state index in [0.29, 0.717) is 0 Å². The van der Waals surface area contributed by atoms with E-state index in [-0.39, 0.29) is 32.5 Å². The van der Waals surface area contributed by atoms with Gasteiger partial charge in [0.2, 0.25) is 0 Å². The van der Waals surface area contributed by atoms with Gasteiger partial charge in [0, 0.05) is 101 Å². The van der Waals surface area contributed by atoms with E-state index in [1.807, 2.05) is 0 Å². The zero-order valence-electron chi connectivity index (χ0n) is 68.2. The number of nitrogens with zero attached hydrogens (tertiary/aromatic N) is 4. The Bertz CT molecular complexity index is 6330. The smallest absolute Gasteiger partial charge is 0.137 e. The molecule has 6 heteroatoms. The van der Waals surface area contributed by atoms with E-state index < -0.39 is 0 Å². The summed E-state index contributed by atoms with van der Waals surface area (Å²) in [5, 5.41) is 11.2. The SMILES string of the molecule is CC(C)(C)c1cccc(-c2ccc3c4ccc(N(c5ccccc5)c5ccc6c(c5)oc5cc7cc8c(cc7cc56)oc5cc(N(c6ccccc6)c6ccc7c9ccc(-c%10cccc(C(C)(C)C)c%10)cc9n(-c9cc(C(C)(C)C)cc(C(C)(C)C)c9)c7c6)ccc58)cc4n(-c4cc(C(C)(C)C)cc(C(C)(C)C)c4)c3c2)c1. The van der Waals surface area contributed by atoms with Gasteiger partial charge in [0.05, 0.1) is 22.1 Å². The molecule has 0 spiro atoms. The number of para-hydroxylation sites is 2. The minimum atomic E-state index is -0.0818. The minimum Gasteiger partial charge on any atom is -0.456 e. The molecule has 0 radical (unpaired) electrons. The van der Waals surface area contributed by atoms with E-state index >= 15 is 0 Å². The third-order valence-corrected chi connectivity index (χ3v) is 23.5. The summed E-state index contributed by atoms with van der Waals surface area (Å²) in [6.07, 6.45) is 0. The molecule has 0 aliphatic carbocycles. The Morgan fingerprint density at radius 2 is 0.500 bits per heavy atom. The molecule has 4 aromatic heterocycles. The van der Waals surface area contributed by atoms with E-state index in [1.54, 1.807) is 0 Å². The Kier molecular flexibility index (Phi) is 16.6. The fourth-order valence-corrected chi connectivity index (χ4v) is 16.8. The molecule has 6 nitrogen and oxygen atoms in total. The number of hydrogen-bond acceptors (Lipinski definition) is 4. The first-order valence-electron chi connectivity index (χ1n) is 39.9. The first kappa shape index (κ1) is 71.7. The van der Waals surface area contributed by atoms with Crippen LogP contribution in [0.15, 0.2) is 288 Å². The summed E-state index contributed by atoms with van der Waals surface area (Å²) in [5.41, 5.74) is 28.8. The topological polar surface area (TPSA) is 42.6 Å². The summed E-state index contributed by atoms with van der Waals surface area (Å²) in [6, 6.07) is 105. The van der Waals surface area contributed by atoms with Crippen LogP contribution in [0.3, 0.4) is 0 Å². The van der Waals surface area contributed by atoms with E-state index in [9.17, 15) is 0 Å².